The van der Waals surface area contributed by atoms with E-state index in [9.17, 15) is 4.79 Å². The lowest BCUT2D eigenvalue weighted by atomic mass is 10.3. The normalized spacial score (nSPS) is 11.8. The van der Waals surface area contributed by atoms with Gasteiger partial charge in [-0.2, -0.15) is 0 Å². The van der Waals surface area contributed by atoms with E-state index in [0.717, 1.165) is 0 Å². The van der Waals surface area contributed by atoms with Crippen molar-refractivity contribution in [3.05, 3.63) is 35.6 Å². The Labute approximate surface area is 170 Å². The van der Waals surface area contributed by atoms with E-state index in [2.05, 4.69) is 25.7 Å². The number of thioether (sulfide) groups is 1. The van der Waals surface area contributed by atoms with Crippen LogP contribution in [0.15, 0.2) is 34.9 Å². The smallest absolute Gasteiger partial charge is 0.236 e. The van der Waals surface area contributed by atoms with Gasteiger partial charge in [-0.25, -0.2) is 0 Å². The Balaban J connectivity index is 1.66. The summed E-state index contributed by atoms with van der Waals surface area (Å²) in [7, 11) is 1.60. The van der Waals surface area contributed by atoms with Crippen LogP contribution in [0.5, 0.6) is 11.5 Å². The van der Waals surface area contributed by atoms with Gasteiger partial charge in [0.2, 0.25) is 11.0 Å². The Morgan fingerprint density at radius 2 is 2.07 bits per heavy atom. The summed E-state index contributed by atoms with van der Waals surface area (Å²) in [6, 6.07) is 7.44. The molecule has 28 heavy (non-hydrogen) atoms. The van der Waals surface area contributed by atoms with Crippen molar-refractivity contribution in [2.24, 2.45) is 0 Å². The number of ether oxygens (including phenoxy) is 2. The fourth-order valence-corrected chi connectivity index (χ4v) is 3.75. The maximum atomic E-state index is 12.0. The average molecular weight is 421 g/mol. The van der Waals surface area contributed by atoms with Gasteiger partial charge >= 0.3 is 0 Å². The van der Waals surface area contributed by atoms with E-state index in [1.54, 1.807) is 12.6 Å². The van der Waals surface area contributed by atoms with E-state index in [4.69, 9.17) is 9.47 Å². The molecule has 0 radical (unpaired) electrons. The Morgan fingerprint density at radius 3 is 2.75 bits per heavy atom. The number of benzene rings is 1. The molecule has 3 rings (SSSR count). The zero-order chi connectivity index (χ0) is 19.9. The van der Waals surface area contributed by atoms with Crippen molar-refractivity contribution in [3.63, 3.8) is 0 Å². The number of nitrogens with zero attached hydrogens (tertiary/aromatic N) is 5. The molecule has 3 aromatic rings. The van der Waals surface area contributed by atoms with Gasteiger partial charge in [-0.05, 0) is 26.0 Å². The maximum Gasteiger partial charge on any atom is 0.236 e. The van der Waals surface area contributed by atoms with Gasteiger partial charge < -0.3 is 14.0 Å². The van der Waals surface area contributed by atoms with Crippen LogP contribution < -0.4 is 14.8 Å². The SMILES string of the molecule is CCn1c(SCC(=O)Nc2nncs2)nnc1C(C)Oc1ccccc1OC. The quantitative estimate of drug-likeness (QED) is 0.527. The van der Waals surface area contributed by atoms with Crippen molar-refractivity contribution in [1.29, 1.82) is 0 Å². The lowest BCUT2D eigenvalue weighted by Gasteiger charge is -2.17. The molecule has 148 valence electrons. The van der Waals surface area contributed by atoms with Crippen LogP contribution in [0.1, 0.15) is 25.8 Å². The number of methoxy groups -OCH3 is 1. The van der Waals surface area contributed by atoms with Crippen LogP contribution in [0.4, 0.5) is 5.13 Å². The highest BCUT2D eigenvalue weighted by molar-refractivity contribution is 7.99. The first-order valence-electron chi connectivity index (χ1n) is 8.54. The Morgan fingerprint density at radius 1 is 1.29 bits per heavy atom. The van der Waals surface area contributed by atoms with Crippen molar-refractivity contribution in [2.75, 3.05) is 18.2 Å². The number of rotatable bonds is 9. The van der Waals surface area contributed by atoms with Gasteiger partial charge in [0.25, 0.3) is 0 Å². The molecule has 1 N–H and O–H groups in total. The highest BCUT2D eigenvalue weighted by atomic mass is 32.2. The molecule has 0 fully saturated rings. The Kier molecular flexibility index (Phi) is 6.82. The van der Waals surface area contributed by atoms with Crippen LogP contribution in [0.25, 0.3) is 0 Å². The zero-order valence-electron chi connectivity index (χ0n) is 15.7. The van der Waals surface area contributed by atoms with Crippen molar-refractivity contribution < 1.29 is 14.3 Å². The van der Waals surface area contributed by atoms with Crippen molar-refractivity contribution in [3.8, 4) is 11.5 Å². The van der Waals surface area contributed by atoms with Crippen molar-refractivity contribution in [2.45, 2.75) is 31.7 Å². The Bertz CT molecular complexity index is 916. The fraction of sp³-hybridized carbons (Fsp3) is 0.353. The molecule has 1 atom stereocenters. The Hall–Kier alpha value is -2.66. The molecule has 0 saturated carbocycles. The van der Waals surface area contributed by atoms with Gasteiger partial charge in [-0.3, -0.25) is 10.1 Å². The first-order chi connectivity index (χ1) is 13.6. The van der Waals surface area contributed by atoms with E-state index in [1.165, 1.54) is 23.1 Å². The van der Waals surface area contributed by atoms with E-state index in [-0.39, 0.29) is 17.8 Å². The molecule has 0 aliphatic rings. The van der Waals surface area contributed by atoms with Gasteiger partial charge in [-0.15, -0.1) is 20.4 Å². The van der Waals surface area contributed by atoms with Gasteiger partial charge in [-0.1, -0.05) is 35.2 Å². The number of nitrogens with one attached hydrogen (secondary N) is 1. The standard InChI is InChI=1S/C17H20N6O3S2/c1-4-23-15(11(2)26-13-8-6-5-7-12(13)25-3)20-22-17(23)27-9-14(24)19-16-21-18-10-28-16/h5-8,10-11H,4,9H2,1-3H3,(H,19,21,24). The number of carbonyl (C=O) groups is 1. The van der Waals surface area contributed by atoms with E-state index in [1.807, 2.05) is 42.7 Å². The molecular weight excluding hydrogens is 400 g/mol. The first-order valence-corrected chi connectivity index (χ1v) is 10.4. The summed E-state index contributed by atoms with van der Waals surface area (Å²) in [4.78, 5) is 12.0. The molecular formula is C17H20N6O3S2. The van der Waals surface area contributed by atoms with Crippen LogP contribution >= 0.6 is 23.1 Å². The highest BCUT2D eigenvalue weighted by Gasteiger charge is 2.20. The average Bonchev–Trinajstić information content (AvgIpc) is 3.36. The molecule has 9 nitrogen and oxygen atoms in total. The van der Waals surface area contributed by atoms with Crippen LogP contribution in [0.2, 0.25) is 0 Å². The van der Waals surface area contributed by atoms with Crippen molar-refractivity contribution in [1.82, 2.24) is 25.0 Å². The molecule has 2 aromatic heterocycles. The van der Waals surface area contributed by atoms with E-state index >= 15 is 0 Å². The zero-order valence-corrected chi connectivity index (χ0v) is 17.3. The third kappa shape index (κ3) is 4.78. The lowest BCUT2D eigenvalue weighted by Crippen LogP contribution is -2.15. The van der Waals surface area contributed by atoms with Crippen LogP contribution in [-0.4, -0.2) is 43.7 Å². The molecule has 1 amide bonds. The van der Waals surface area contributed by atoms with Gasteiger partial charge in [0.05, 0.1) is 12.9 Å². The number of hydrogen-bond donors (Lipinski definition) is 1. The summed E-state index contributed by atoms with van der Waals surface area (Å²) in [5.41, 5.74) is 1.56. The van der Waals surface area contributed by atoms with E-state index < -0.39 is 0 Å². The molecule has 1 unspecified atom stereocenters. The number of carbonyl (C=O) groups excluding carboxylic acids is 1. The first kappa shape index (κ1) is 20.1. The third-order valence-electron chi connectivity index (χ3n) is 3.74. The summed E-state index contributed by atoms with van der Waals surface area (Å²) in [6.07, 6.45) is -0.340. The number of hydrogen-bond acceptors (Lipinski definition) is 9. The second-order valence-corrected chi connectivity index (χ2v) is 7.35. The second-order valence-electron chi connectivity index (χ2n) is 5.58. The minimum absolute atomic E-state index is 0.174. The second kappa shape index (κ2) is 9.51. The summed E-state index contributed by atoms with van der Waals surface area (Å²) in [5, 5.41) is 19.8. The molecule has 0 aliphatic heterocycles. The topological polar surface area (TPSA) is 104 Å². The van der Waals surface area contributed by atoms with Crippen LogP contribution in [-0.2, 0) is 11.3 Å². The molecule has 0 bridgehead atoms. The maximum absolute atomic E-state index is 12.0. The van der Waals surface area contributed by atoms with Crippen molar-refractivity contribution >= 4 is 34.1 Å². The lowest BCUT2D eigenvalue weighted by molar-refractivity contribution is -0.113. The number of aromatic nitrogens is 5. The molecule has 1 aromatic carbocycles. The van der Waals surface area contributed by atoms with Gasteiger partial charge in [0.1, 0.15) is 5.51 Å². The largest absolute Gasteiger partial charge is 0.493 e. The minimum Gasteiger partial charge on any atom is -0.493 e. The predicted octanol–water partition coefficient (Wildman–Crippen LogP) is 3.03. The van der Waals surface area contributed by atoms with Crippen LogP contribution in [0, 0.1) is 0 Å². The summed E-state index contributed by atoms with van der Waals surface area (Å²) in [6.45, 7) is 4.55. The van der Waals surface area contributed by atoms with Gasteiger partial charge in [0, 0.05) is 6.54 Å². The summed E-state index contributed by atoms with van der Waals surface area (Å²) >= 11 is 2.58. The highest BCUT2D eigenvalue weighted by Crippen LogP contribution is 2.31. The van der Waals surface area contributed by atoms with E-state index in [0.29, 0.717) is 34.2 Å². The molecule has 11 heteroatoms. The molecule has 0 aliphatic carbocycles. The van der Waals surface area contributed by atoms with Crippen LogP contribution in [0.3, 0.4) is 0 Å². The molecule has 2 heterocycles. The number of amides is 1. The third-order valence-corrected chi connectivity index (χ3v) is 5.31. The molecule has 0 spiro atoms. The monoisotopic (exact) mass is 420 g/mol. The van der Waals surface area contributed by atoms with Gasteiger partial charge in [0.15, 0.2) is 28.6 Å². The summed E-state index contributed by atoms with van der Waals surface area (Å²) in [5.74, 6) is 1.99. The minimum atomic E-state index is -0.340. The molecule has 0 saturated heterocycles. The number of anilines is 1. The fourth-order valence-electron chi connectivity index (χ4n) is 2.48. The number of para-hydroxylation sites is 2. The predicted molar refractivity (Wildman–Crippen MR) is 107 cm³/mol. The summed E-state index contributed by atoms with van der Waals surface area (Å²) < 4.78 is 13.3.